The number of esters is 1. The molecule has 0 radical (unpaired) electrons. The molecule has 0 aromatic carbocycles. The molecule has 6 heteroatoms. The molecule has 0 aliphatic rings. The van der Waals surface area contributed by atoms with Crippen LogP contribution in [-0.4, -0.2) is 32.7 Å². The first-order valence-corrected chi connectivity index (χ1v) is 6.00. The van der Waals surface area contributed by atoms with Crippen LogP contribution in [0.25, 0.3) is 0 Å². The van der Waals surface area contributed by atoms with Gasteiger partial charge >= 0.3 is 5.97 Å². The molecule has 0 amide bonds. The van der Waals surface area contributed by atoms with Crippen molar-refractivity contribution < 1.29 is 17.9 Å². The predicted molar refractivity (Wildman–Crippen MR) is 53.4 cm³/mol. The summed E-state index contributed by atoms with van der Waals surface area (Å²) in [7, 11) is -2.14. The lowest BCUT2D eigenvalue weighted by atomic mass is 10.2. The number of aryl methyl sites for hydroxylation is 1. The van der Waals surface area contributed by atoms with Crippen LogP contribution in [0.15, 0.2) is 17.2 Å². The minimum Gasteiger partial charge on any atom is -0.465 e. The molecule has 15 heavy (non-hydrogen) atoms. The Morgan fingerprint density at radius 3 is 2.53 bits per heavy atom. The highest BCUT2D eigenvalue weighted by Crippen LogP contribution is 2.14. The summed E-state index contributed by atoms with van der Waals surface area (Å²) in [5, 5.41) is 0. The Morgan fingerprint density at radius 2 is 2.07 bits per heavy atom. The van der Waals surface area contributed by atoms with Crippen LogP contribution in [0, 0.1) is 6.92 Å². The second-order valence-electron chi connectivity index (χ2n) is 3.07. The summed E-state index contributed by atoms with van der Waals surface area (Å²) >= 11 is 0. The van der Waals surface area contributed by atoms with Crippen molar-refractivity contribution in [3.63, 3.8) is 0 Å². The Balaban J connectivity index is 3.36. The van der Waals surface area contributed by atoms with Crippen LogP contribution in [0.3, 0.4) is 0 Å². The molecule has 0 aliphatic heterocycles. The molecular formula is C9H11NO4S. The molecule has 1 heterocycles. The van der Waals surface area contributed by atoms with Crippen molar-refractivity contribution in [3.8, 4) is 0 Å². The molecule has 0 saturated carbocycles. The maximum atomic E-state index is 11.3. The fourth-order valence-corrected chi connectivity index (χ4v) is 2.05. The number of hydrogen-bond donors (Lipinski definition) is 0. The zero-order valence-corrected chi connectivity index (χ0v) is 9.46. The van der Waals surface area contributed by atoms with E-state index in [-0.39, 0.29) is 10.5 Å². The highest BCUT2D eigenvalue weighted by atomic mass is 32.2. The van der Waals surface area contributed by atoms with E-state index in [1.54, 1.807) is 6.92 Å². The Labute approximate surface area is 88.0 Å². The third-order valence-corrected chi connectivity index (χ3v) is 3.07. The van der Waals surface area contributed by atoms with Crippen molar-refractivity contribution in [3.05, 3.63) is 23.5 Å². The van der Waals surface area contributed by atoms with Crippen LogP contribution in [0.5, 0.6) is 0 Å². The fourth-order valence-electron chi connectivity index (χ4n) is 1.12. The molecule has 1 aromatic heterocycles. The van der Waals surface area contributed by atoms with Gasteiger partial charge in [0.2, 0.25) is 0 Å². The molecule has 5 nitrogen and oxygen atoms in total. The number of carbonyl (C=O) groups excluding carboxylic acids is 1. The van der Waals surface area contributed by atoms with Gasteiger partial charge in [0.25, 0.3) is 0 Å². The Bertz CT molecular complexity index is 493. The van der Waals surface area contributed by atoms with Crippen molar-refractivity contribution >= 4 is 15.8 Å². The van der Waals surface area contributed by atoms with E-state index in [0.29, 0.717) is 5.69 Å². The molecule has 0 N–H and O–H groups in total. The maximum Gasteiger partial charge on any atom is 0.339 e. The summed E-state index contributed by atoms with van der Waals surface area (Å²) in [5.74, 6) is -0.604. The van der Waals surface area contributed by atoms with Gasteiger partial charge < -0.3 is 4.74 Å². The van der Waals surface area contributed by atoms with E-state index in [1.165, 1.54) is 19.4 Å². The number of rotatable bonds is 2. The third-order valence-electron chi connectivity index (χ3n) is 1.86. The van der Waals surface area contributed by atoms with Gasteiger partial charge in [0.05, 0.1) is 23.3 Å². The first kappa shape index (κ1) is 11.6. The van der Waals surface area contributed by atoms with Gasteiger partial charge in [-0.3, -0.25) is 4.98 Å². The number of nitrogens with zero attached hydrogens (tertiary/aromatic N) is 1. The number of carbonyl (C=O) groups is 1. The zero-order chi connectivity index (χ0) is 11.6. The standard InChI is InChI=1S/C9H11NO4S/c1-6-8(15(3,12)13)4-7(5-10-6)9(11)14-2/h4-5H,1-3H3. The molecule has 0 bridgehead atoms. The van der Waals surface area contributed by atoms with Crippen LogP contribution in [0.1, 0.15) is 16.1 Å². The largest absolute Gasteiger partial charge is 0.465 e. The maximum absolute atomic E-state index is 11.3. The SMILES string of the molecule is COC(=O)c1cnc(C)c(S(C)(=O)=O)c1. The van der Waals surface area contributed by atoms with E-state index >= 15 is 0 Å². The Hall–Kier alpha value is -1.43. The average molecular weight is 229 g/mol. The van der Waals surface area contributed by atoms with E-state index in [9.17, 15) is 13.2 Å². The number of methoxy groups -OCH3 is 1. The van der Waals surface area contributed by atoms with Gasteiger partial charge in [0.1, 0.15) is 0 Å². The van der Waals surface area contributed by atoms with Crippen molar-refractivity contribution in [2.75, 3.05) is 13.4 Å². The van der Waals surface area contributed by atoms with Crippen LogP contribution in [-0.2, 0) is 14.6 Å². The summed E-state index contributed by atoms with van der Waals surface area (Å²) in [6.07, 6.45) is 2.36. The van der Waals surface area contributed by atoms with Crippen LogP contribution in [0.4, 0.5) is 0 Å². The normalized spacial score (nSPS) is 11.1. The molecule has 1 rings (SSSR count). The van der Waals surface area contributed by atoms with Crippen LogP contribution in [0.2, 0.25) is 0 Å². The van der Waals surface area contributed by atoms with Gasteiger partial charge in [-0.25, -0.2) is 13.2 Å². The summed E-state index contributed by atoms with van der Waals surface area (Å²) in [6, 6.07) is 1.27. The van der Waals surface area contributed by atoms with Gasteiger partial charge in [0, 0.05) is 12.5 Å². The molecule has 0 atom stereocenters. The van der Waals surface area contributed by atoms with Crippen LogP contribution < -0.4 is 0 Å². The van der Waals surface area contributed by atoms with E-state index in [4.69, 9.17) is 0 Å². The predicted octanol–water partition coefficient (Wildman–Crippen LogP) is 0.580. The van der Waals surface area contributed by atoms with E-state index in [0.717, 1.165) is 6.26 Å². The van der Waals surface area contributed by atoms with Gasteiger partial charge in [0.15, 0.2) is 9.84 Å². The lowest BCUT2D eigenvalue weighted by molar-refractivity contribution is 0.0600. The first-order chi connectivity index (χ1) is 6.86. The minimum absolute atomic E-state index is 0.0467. The van der Waals surface area contributed by atoms with Crippen molar-refractivity contribution in [2.24, 2.45) is 0 Å². The molecule has 0 aliphatic carbocycles. The molecule has 1 aromatic rings. The Morgan fingerprint density at radius 1 is 1.47 bits per heavy atom. The third kappa shape index (κ3) is 2.53. The highest BCUT2D eigenvalue weighted by Gasteiger charge is 2.15. The number of pyridine rings is 1. The second kappa shape index (κ2) is 3.98. The van der Waals surface area contributed by atoms with E-state index in [1.807, 2.05) is 0 Å². The number of aromatic nitrogens is 1. The lowest BCUT2D eigenvalue weighted by Crippen LogP contribution is -2.07. The first-order valence-electron chi connectivity index (χ1n) is 4.11. The summed E-state index contributed by atoms with van der Waals surface area (Å²) in [5.41, 5.74) is 0.494. The molecule has 0 spiro atoms. The average Bonchev–Trinajstić information content (AvgIpc) is 2.15. The topological polar surface area (TPSA) is 73.3 Å². The number of sulfone groups is 1. The molecular weight excluding hydrogens is 218 g/mol. The minimum atomic E-state index is -3.37. The van der Waals surface area contributed by atoms with Crippen molar-refractivity contribution in [1.82, 2.24) is 4.98 Å². The quantitative estimate of drug-likeness (QED) is 0.693. The fraction of sp³-hybridized carbons (Fsp3) is 0.333. The monoisotopic (exact) mass is 229 g/mol. The molecule has 0 fully saturated rings. The molecule has 0 unspecified atom stereocenters. The van der Waals surface area contributed by atoms with Crippen LogP contribution >= 0.6 is 0 Å². The van der Waals surface area contributed by atoms with Gasteiger partial charge in [-0.05, 0) is 13.0 Å². The molecule has 0 saturated heterocycles. The summed E-state index contributed by atoms with van der Waals surface area (Å²) in [4.78, 5) is 15.0. The number of hydrogen-bond acceptors (Lipinski definition) is 5. The second-order valence-corrected chi connectivity index (χ2v) is 5.06. The Kier molecular flexibility index (Phi) is 3.09. The van der Waals surface area contributed by atoms with Crippen molar-refractivity contribution in [1.29, 1.82) is 0 Å². The zero-order valence-electron chi connectivity index (χ0n) is 8.64. The highest BCUT2D eigenvalue weighted by molar-refractivity contribution is 7.90. The number of ether oxygens (including phenoxy) is 1. The van der Waals surface area contributed by atoms with Crippen molar-refractivity contribution in [2.45, 2.75) is 11.8 Å². The van der Waals surface area contributed by atoms with E-state index in [2.05, 4.69) is 9.72 Å². The lowest BCUT2D eigenvalue weighted by Gasteiger charge is -2.04. The van der Waals surface area contributed by atoms with E-state index < -0.39 is 15.8 Å². The van der Waals surface area contributed by atoms with Gasteiger partial charge in [-0.1, -0.05) is 0 Å². The summed E-state index contributed by atoms with van der Waals surface area (Å²) in [6.45, 7) is 1.57. The molecule has 82 valence electrons. The summed E-state index contributed by atoms with van der Waals surface area (Å²) < 4.78 is 27.1. The van der Waals surface area contributed by atoms with Gasteiger partial charge in [-0.15, -0.1) is 0 Å². The smallest absolute Gasteiger partial charge is 0.339 e. The van der Waals surface area contributed by atoms with Gasteiger partial charge in [-0.2, -0.15) is 0 Å².